The zero-order chi connectivity index (χ0) is 15.2. The lowest BCUT2D eigenvalue weighted by molar-refractivity contribution is 0.575. The lowest BCUT2D eigenvalue weighted by atomic mass is 10.2. The fourth-order valence-electron chi connectivity index (χ4n) is 2.29. The summed E-state index contributed by atoms with van der Waals surface area (Å²) in [6, 6.07) is 4.69. The van der Waals surface area contributed by atoms with E-state index < -0.39 is 0 Å². The van der Waals surface area contributed by atoms with Crippen molar-refractivity contribution in [1.82, 2.24) is 10.3 Å². The van der Waals surface area contributed by atoms with Gasteiger partial charge in [-0.2, -0.15) is 0 Å². The van der Waals surface area contributed by atoms with E-state index in [4.69, 9.17) is 4.98 Å². The number of hydrogen-bond donors (Lipinski definition) is 1. The maximum absolute atomic E-state index is 4.80. The zero-order valence-electron chi connectivity index (χ0n) is 13.3. The zero-order valence-corrected chi connectivity index (χ0v) is 15.0. The van der Waals surface area contributed by atoms with Gasteiger partial charge in [0.05, 0.1) is 12.2 Å². The van der Waals surface area contributed by atoms with Crippen LogP contribution >= 0.6 is 22.7 Å². The molecule has 0 spiro atoms. The topological polar surface area (TPSA) is 28.2 Å². The second-order valence-electron chi connectivity index (χ2n) is 5.22. The van der Waals surface area contributed by atoms with Crippen LogP contribution in [-0.4, -0.2) is 18.1 Å². The molecule has 0 aliphatic carbocycles. The van der Waals surface area contributed by atoms with Gasteiger partial charge in [0.2, 0.25) is 0 Å². The number of nitrogens with one attached hydrogen (secondary N) is 1. The van der Waals surface area contributed by atoms with Gasteiger partial charge in [0.15, 0.2) is 5.13 Å². The normalized spacial score (nSPS) is 12.6. The lowest BCUT2D eigenvalue weighted by Gasteiger charge is -2.18. The lowest BCUT2D eigenvalue weighted by Crippen LogP contribution is -2.21. The van der Waals surface area contributed by atoms with Crippen molar-refractivity contribution in [1.29, 1.82) is 0 Å². The van der Waals surface area contributed by atoms with Gasteiger partial charge in [0.25, 0.3) is 0 Å². The average molecular weight is 324 g/mol. The van der Waals surface area contributed by atoms with E-state index in [9.17, 15) is 0 Å². The number of rotatable bonds is 8. The van der Waals surface area contributed by atoms with Crippen molar-refractivity contribution in [2.24, 2.45) is 0 Å². The van der Waals surface area contributed by atoms with Gasteiger partial charge in [-0.25, -0.2) is 4.98 Å². The van der Waals surface area contributed by atoms with E-state index in [1.165, 1.54) is 9.75 Å². The highest BCUT2D eigenvalue weighted by Crippen LogP contribution is 2.31. The first kappa shape index (κ1) is 16.5. The monoisotopic (exact) mass is 323 g/mol. The van der Waals surface area contributed by atoms with Crippen LogP contribution in [0.3, 0.4) is 0 Å². The minimum atomic E-state index is 0.386. The molecule has 1 unspecified atom stereocenters. The first-order valence-corrected chi connectivity index (χ1v) is 9.33. The van der Waals surface area contributed by atoms with Crippen LogP contribution < -0.4 is 10.2 Å². The van der Waals surface area contributed by atoms with E-state index in [0.717, 1.165) is 36.9 Å². The van der Waals surface area contributed by atoms with Gasteiger partial charge in [-0.3, -0.25) is 0 Å². The Morgan fingerprint density at radius 2 is 2.19 bits per heavy atom. The molecule has 5 heteroatoms. The van der Waals surface area contributed by atoms with Gasteiger partial charge in [-0.05, 0) is 45.2 Å². The van der Waals surface area contributed by atoms with Crippen LogP contribution in [0, 0.1) is 6.92 Å². The Kier molecular flexibility index (Phi) is 6.21. The SMILES string of the molecule is CCCNC(C)c1sc(N(CC)Cc2cccs2)nc1C. The summed E-state index contributed by atoms with van der Waals surface area (Å²) in [5, 5.41) is 6.84. The summed E-state index contributed by atoms with van der Waals surface area (Å²) in [5.41, 5.74) is 1.16. The molecule has 0 saturated carbocycles. The molecule has 2 aromatic heterocycles. The Hall–Kier alpha value is -0.910. The summed E-state index contributed by atoms with van der Waals surface area (Å²) in [6.45, 7) is 11.8. The largest absolute Gasteiger partial charge is 0.343 e. The number of nitrogens with zero attached hydrogens (tertiary/aromatic N) is 2. The van der Waals surface area contributed by atoms with Crippen LogP contribution in [0.2, 0.25) is 0 Å². The molecule has 0 fully saturated rings. The van der Waals surface area contributed by atoms with Gasteiger partial charge < -0.3 is 10.2 Å². The highest BCUT2D eigenvalue weighted by Gasteiger charge is 2.17. The number of anilines is 1. The Labute approximate surface area is 136 Å². The molecular formula is C16H25N3S2. The van der Waals surface area contributed by atoms with Crippen molar-refractivity contribution in [3.63, 3.8) is 0 Å². The number of hydrogen-bond acceptors (Lipinski definition) is 5. The van der Waals surface area contributed by atoms with Crippen LogP contribution in [0.25, 0.3) is 0 Å². The molecule has 21 heavy (non-hydrogen) atoms. The molecule has 1 N–H and O–H groups in total. The van der Waals surface area contributed by atoms with Crippen molar-refractivity contribution >= 4 is 27.8 Å². The molecular weight excluding hydrogens is 298 g/mol. The van der Waals surface area contributed by atoms with Gasteiger partial charge in [-0.15, -0.1) is 22.7 Å². The third kappa shape index (κ3) is 4.28. The molecule has 0 aliphatic rings. The maximum Gasteiger partial charge on any atom is 0.186 e. The molecule has 0 bridgehead atoms. The number of thiophene rings is 1. The van der Waals surface area contributed by atoms with Crippen LogP contribution in [0.4, 0.5) is 5.13 Å². The van der Waals surface area contributed by atoms with Gasteiger partial charge in [0.1, 0.15) is 0 Å². The smallest absolute Gasteiger partial charge is 0.186 e. The van der Waals surface area contributed by atoms with Gasteiger partial charge >= 0.3 is 0 Å². The second-order valence-corrected chi connectivity index (χ2v) is 7.26. The average Bonchev–Trinajstić information content (AvgIpc) is 3.11. The predicted molar refractivity (Wildman–Crippen MR) is 94.6 cm³/mol. The van der Waals surface area contributed by atoms with E-state index in [1.54, 1.807) is 0 Å². The van der Waals surface area contributed by atoms with Crippen LogP contribution in [0.15, 0.2) is 17.5 Å². The summed E-state index contributed by atoms with van der Waals surface area (Å²) >= 11 is 3.64. The Balaban J connectivity index is 2.11. The standard InChI is InChI=1S/C16H25N3S2/c1-5-9-17-12(3)15-13(4)18-16(21-15)19(6-2)11-14-8-7-10-20-14/h7-8,10,12,17H,5-6,9,11H2,1-4H3. The molecule has 116 valence electrons. The number of aryl methyl sites for hydroxylation is 1. The Morgan fingerprint density at radius 1 is 1.38 bits per heavy atom. The van der Waals surface area contributed by atoms with Crippen LogP contribution in [-0.2, 0) is 6.54 Å². The fraction of sp³-hybridized carbons (Fsp3) is 0.562. The highest BCUT2D eigenvalue weighted by molar-refractivity contribution is 7.15. The minimum absolute atomic E-state index is 0.386. The number of thiazole rings is 1. The summed E-state index contributed by atoms with van der Waals surface area (Å²) in [7, 11) is 0. The molecule has 0 radical (unpaired) electrons. The Bertz CT molecular complexity index is 534. The van der Waals surface area contributed by atoms with E-state index in [0.29, 0.717) is 6.04 Å². The summed E-state index contributed by atoms with van der Waals surface area (Å²) in [5.74, 6) is 0. The first-order chi connectivity index (χ1) is 10.2. The second kappa shape index (κ2) is 7.92. The van der Waals surface area contributed by atoms with E-state index >= 15 is 0 Å². The predicted octanol–water partition coefficient (Wildman–Crippen LogP) is 4.60. The van der Waals surface area contributed by atoms with Gasteiger partial charge in [-0.1, -0.05) is 13.0 Å². The maximum atomic E-state index is 4.80. The number of aromatic nitrogens is 1. The van der Waals surface area contributed by atoms with Crippen molar-refractivity contribution in [2.45, 2.75) is 46.7 Å². The third-order valence-electron chi connectivity index (χ3n) is 3.49. The molecule has 2 heterocycles. The van der Waals surface area contributed by atoms with E-state index in [2.05, 4.69) is 55.4 Å². The molecule has 0 aliphatic heterocycles. The van der Waals surface area contributed by atoms with E-state index in [-0.39, 0.29) is 0 Å². The van der Waals surface area contributed by atoms with Crippen LogP contribution in [0.5, 0.6) is 0 Å². The van der Waals surface area contributed by atoms with Crippen molar-refractivity contribution in [3.05, 3.63) is 33.0 Å². The van der Waals surface area contributed by atoms with Crippen LogP contribution in [0.1, 0.15) is 48.7 Å². The fourth-order valence-corrected chi connectivity index (χ4v) is 4.16. The van der Waals surface area contributed by atoms with Crippen molar-refractivity contribution < 1.29 is 0 Å². The van der Waals surface area contributed by atoms with E-state index in [1.807, 2.05) is 22.7 Å². The van der Waals surface area contributed by atoms with Crippen molar-refractivity contribution in [2.75, 3.05) is 18.0 Å². The molecule has 2 rings (SSSR count). The molecule has 2 aromatic rings. The Morgan fingerprint density at radius 3 is 2.81 bits per heavy atom. The molecule has 0 aromatic carbocycles. The third-order valence-corrected chi connectivity index (χ3v) is 5.76. The molecule has 3 nitrogen and oxygen atoms in total. The molecule has 0 saturated heterocycles. The minimum Gasteiger partial charge on any atom is -0.343 e. The van der Waals surface area contributed by atoms with Crippen molar-refractivity contribution in [3.8, 4) is 0 Å². The van der Waals surface area contributed by atoms with Gasteiger partial charge in [0, 0.05) is 22.3 Å². The first-order valence-electron chi connectivity index (χ1n) is 7.63. The highest BCUT2D eigenvalue weighted by atomic mass is 32.1. The summed E-state index contributed by atoms with van der Waals surface area (Å²) in [6.07, 6.45) is 1.16. The molecule has 1 atom stereocenters. The summed E-state index contributed by atoms with van der Waals surface area (Å²) < 4.78 is 0. The molecule has 0 amide bonds. The quantitative estimate of drug-likeness (QED) is 0.769. The summed E-state index contributed by atoms with van der Waals surface area (Å²) in [4.78, 5) is 9.92.